The minimum Gasteiger partial charge on any atom is -0.314 e. The standard InChI is InChI=1S/C18H38N2/c1-9-19-17-11-13(2)10-14(3)16(17)12-20(8)15(4)18(5,6)7/h13-17,19H,9-12H2,1-8H3. The van der Waals surface area contributed by atoms with Crippen LogP contribution in [0, 0.1) is 23.2 Å². The van der Waals surface area contributed by atoms with Gasteiger partial charge in [-0.2, -0.15) is 0 Å². The lowest BCUT2D eigenvalue weighted by Crippen LogP contribution is -2.51. The molecule has 0 aromatic carbocycles. The molecule has 0 saturated heterocycles. The van der Waals surface area contributed by atoms with E-state index in [1.165, 1.54) is 19.4 Å². The van der Waals surface area contributed by atoms with Gasteiger partial charge >= 0.3 is 0 Å². The molecule has 1 rings (SSSR count). The third kappa shape index (κ3) is 4.73. The van der Waals surface area contributed by atoms with Crippen molar-refractivity contribution in [1.82, 2.24) is 10.2 Å². The predicted molar refractivity (Wildman–Crippen MR) is 90.1 cm³/mol. The zero-order valence-electron chi connectivity index (χ0n) is 15.2. The molecule has 1 aliphatic rings. The molecule has 2 nitrogen and oxygen atoms in total. The Kier molecular flexibility index (Phi) is 6.53. The van der Waals surface area contributed by atoms with Gasteiger partial charge in [0.15, 0.2) is 0 Å². The predicted octanol–water partition coefficient (Wildman–Crippen LogP) is 4.01. The van der Waals surface area contributed by atoms with Gasteiger partial charge in [0.2, 0.25) is 0 Å². The molecule has 0 spiro atoms. The summed E-state index contributed by atoms with van der Waals surface area (Å²) < 4.78 is 0. The van der Waals surface area contributed by atoms with Crippen molar-refractivity contribution in [3.63, 3.8) is 0 Å². The van der Waals surface area contributed by atoms with E-state index in [0.717, 1.165) is 24.3 Å². The van der Waals surface area contributed by atoms with Crippen LogP contribution in [0.25, 0.3) is 0 Å². The van der Waals surface area contributed by atoms with Crippen LogP contribution in [0.2, 0.25) is 0 Å². The Morgan fingerprint density at radius 3 is 2.30 bits per heavy atom. The van der Waals surface area contributed by atoms with Crippen molar-refractivity contribution in [3.05, 3.63) is 0 Å². The fraction of sp³-hybridized carbons (Fsp3) is 1.00. The normalized spacial score (nSPS) is 33.5. The number of nitrogens with zero attached hydrogens (tertiary/aromatic N) is 1. The van der Waals surface area contributed by atoms with E-state index in [-0.39, 0.29) is 0 Å². The third-order valence-corrected chi connectivity index (χ3v) is 5.56. The van der Waals surface area contributed by atoms with Crippen LogP contribution in [0.4, 0.5) is 0 Å². The summed E-state index contributed by atoms with van der Waals surface area (Å²) in [7, 11) is 2.31. The van der Waals surface area contributed by atoms with E-state index in [1.807, 2.05) is 0 Å². The van der Waals surface area contributed by atoms with Crippen molar-refractivity contribution in [2.75, 3.05) is 20.1 Å². The first-order chi connectivity index (χ1) is 9.16. The third-order valence-electron chi connectivity index (χ3n) is 5.56. The summed E-state index contributed by atoms with van der Waals surface area (Å²) in [6, 6.07) is 1.32. The van der Waals surface area contributed by atoms with Gasteiger partial charge in [0.05, 0.1) is 0 Å². The Morgan fingerprint density at radius 2 is 1.80 bits per heavy atom. The molecule has 0 aliphatic heterocycles. The van der Waals surface area contributed by atoms with Gasteiger partial charge in [-0.25, -0.2) is 0 Å². The number of rotatable bonds is 5. The summed E-state index contributed by atoms with van der Waals surface area (Å²) in [6.45, 7) is 18.9. The second-order valence-electron chi connectivity index (χ2n) is 8.36. The highest BCUT2D eigenvalue weighted by molar-refractivity contribution is 4.90. The molecule has 0 bridgehead atoms. The quantitative estimate of drug-likeness (QED) is 0.819. The molecular formula is C18H38N2. The van der Waals surface area contributed by atoms with Crippen molar-refractivity contribution in [2.45, 2.75) is 73.4 Å². The maximum atomic E-state index is 3.75. The number of nitrogens with one attached hydrogen (secondary N) is 1. The molecule has 0 heterocycles. The van der Waals surface area contributed by atoms with Gasteiger partial charge in [0.1, 0.15) is 0 Å². The lowest BCUT2D eigenvalue weighted by atomic mass is 9.71. The summed E-state index contributed by atoms with van der Waals surface area (Å²) in [6.07, 6.45) is 2.74. The Balaban J connectivity index is 2.71. The molecule has 20 heavy (non-hydrogen) atoms. The highest BCUT2D eigenvalue weighted by Gasteiger charge is 2.35. The summed E-state index contributed by atoms with van der Waals surface area (Å²) in [5.41, 5.74) is 0.355. The first-order valence-corrected chi connectivity index (χ1v) is 8.60. The van der Waals surface area contributed by atoms with Crippen molar-refractivity contribution in [2.24, 2.45) is 23.2 Å². The minimum atomic E-state index is 0.355. The Bertz CT molecular complexity index is 282. The van der Waals surface area contributed by atoms with Gasteiger partial charge in [0, 0.05) is 18.6 Å². The van der Waals surface area contributed by atoms with Crippen LogP contribution in [-0.2, 0) is 0 Å². The van der Waals surface area contributed by atoms with Crippen molar-refractivity contribution < 1.29 is 0 Å². The molecule has 0 aromatic heterocycles. The van der Waals surface area contributed by atoms with Crippen LogP contribution < -0.4 is 5.32 Å². The molecule has 1 N–H and O–H groups in total. The number of hydrogen-bond donors (Lipinski definition) is 1. The molecule has 2 heteroatoms. The van der Waals surface area contributed by atoms with E-state index in [2.05, 4.69) is 65.7 Å². The SMILES string of the molecule is CCNC1CC(C)CC(C)C1CN(C)C(C)C(C)(C)C. The summed E-state index contributed by atoms with van der Waals surface area (Å²) >= 11 is 0. The first-order valence-electron chi connectivity index (χ1n) is 8.60. The molecule has 1 aliphatic carbocycles. The highest BCUT2D eigenvalue weighted by Crippen LogP contribution is 2.35. The van der Waals surface area contributed by atoms with Crippen LogP contribution in [0.15, 0.2) is 0 Å². The first kappa shape index (κ1) is 18.0. The van der Waals surface area contributed by atoms with Crippen molar-refractivity contribution in [3.8, 4) is 0 Å². The molecule has 120 valence electrons. The molecule has 1 saturated carbocycles. The molecule has 0 aromatic rings. The van der Waals surface area contributed by atoms with E-state index < -0.39 is 0 Å². The van der Waals surface area contributed by atoms with Crippen LogP contribution in [0.3, 0.4) is 0 Å². The zero-order valence-corrected chi connectivity index (χ0v) is 15.2. The maximum absolute atomic E-state index is 3.75. The van der Waals surface area contributed by atoms with Crippen LogP contribution in [0.1, 0.15) is 61.3 Å². The number of hydrogen-bond acceptors (Lipinski definition) is 2. The van der Waals surface area contributed by atoms with Gasteiger partial charge in [-0.1, -0.05) is 41.5 Å². The van der Waals surface area contributed by atoms with E-state index >= 15 is 0 Å². The maximum Gasteiger partial charge on any atom is 0.0112 e. The van der Waals surface area contributed by atoms with E-state index in [4.69, 9.17) is 0 Å². The summed E-state index contributed by atoms with van der Waals surface area (Å²) in [5.74, 6) is 2.49. The van der Waals surface area contributed by atoms with E-state index in [1.54, 1.807) is 0 Å². The second kappa shape index (κ2) is 7.26. The molecule has 1 fully saturated rings. The minimum absolute atomic E-state index is 0.355. The van der Waals surface area contributed by atoms with E-state index in [0.29, 0.717) is 17.5 Å². The van der Waals surface area contributed by atoms with Crippen LogP contribution in [0.5, 0.6) is 0 Å². The largest absolute Gasteiger partial charge is 0.314 e. The fourth-order valence-electron chi connectivity index (χ4n) is 3.87. The van der Waals surface area contributed by atoms with Gasteiger partial charge in [-0.3, -0.25) is 0 Å². The van der Waals surface area contributed by atoms with Crippen molar-refractivity contribution >= 4 is 0 Å². The molecule has 5 unspecified atom stereocenters. The lowest BCUT2D eigenvalue weighted by Gasteiger charge is -2.44. The van der Waals surface area contributed by atoms with E-state index in [9.17, 15) is 0 Å². The second-order valence-corrected chi connectivity index (χ2v) is 8.36. The fourth-order valence-corrected chi connectivity index (χ4v) is 3.87. The molecule has 0 amide bonds. The highest BCUT2D eigenvalue weighted by atomic mass is 15.1. The van der Waals surface area contributed by atoms with Gasteiger partial charge in [-0.15, -0.1) is 0 Å². The van der Waals surface area contributed by atoms with Gasteiger partial charge in [-0.05, 0) is 56.5 Å². The smallest absolute Gasteiger partial charge is 0.0112 e. The average molecular weight is 283 g/mol. The summed E-state index contributed by atoms with van der Waals surface area (Å²) in [4.78, 5) is 2.58. The van der Waals surface area contributed by atoms with Gasteiger partial charge in [0.25, 0.3) is 0 Å². The molecule has 0 radical (unpaired) electrons. The monoisotopic (exact) mass is 282 g/mol. The Labute approximate surface area is 127 Å². The van der Waals surface area contributed by atoms with Crippen molar-refractivity contribution in [1.29, 1.82) is 0 Å². The Morgan fingerprint density at radius 1 is 1.20 bits per heavy atom. The Hall–Kier alpha value is -0.0800. The van der Waals surface area contributed by atoms with Crippen LogP contribution in [-0.4, -0.2) is 37.1 Å². The topological polar surface area (TPSA) is 15.3 Å². The molecular weight excluding hydrogens is 244 g/mol. The molecule has 5 atom stereocenters. The summed E-state index contributed by atoms with van der Waals surface area (Å²) in [5, 5.41) is 3.75. The zero-order chi connectivity index (χ0) is 15.5. The van der Waals surface area contributed by atoms with Crippen LogP contribution >= 0.6 is 0 Å². The van der Waals surface area contributed by atoms with Gasteiger partial charge < -0.3 is 10.2 Å². The average Bonchev–Trinajstić information content (AvgIpc) is 2.31. The lowest BCUT2D eigenvalue weighted by molar-refractivity contribution is 0.0672.